The predicted octanol–water partition coefficient (Wildman–Crippen LogP) is 4.41. The zero-order chi connectivity index (χ0) is 22.9. The number of thiocarbonyl (C=S) groups is 1. The van der Waals surface area contributed by atoms with Crippen LogP contribution in [0.4, 0.5) is 14.5 Å². The molecule has 3 N–H and O–H groups in total. The quantitative estimate of drug-likeness (QED) is 0.382. The average molecular weight is 464 g/mol. The van der Waals surface area contributed by atoms with Crippen LogP contribution in [0.25, 0.3) is 11.0 Å². The van der Waals surface area contributed by atoms with E-state index in [-0.39, 0.29) is 6.54 Å². The van der Waals surface area contributed by atoms with Crippen molar-refractivity contribution in [2.75, 3.05) is 11.4 Å². The molecule has 2 heterocycles. The van der Waals surface area contributed by atoms with Crippen LogP contribution >= 0.6 is 12.2 Å². The SMILES string of the molecule is OC(C/N=C1/NC(=S)N(c2ccc3[nH]cnc3c2)C1c1cc(F)cc(F)c1)c1ccccc1. The number of amidine groups is 1. The Kier molecular flexibility index (Phi) is 5.57. The van der Waals surface area contributed by atoms with Gasteiger partial charge in [-0.25, -0.2) is 13.8 Å². The standard InChI is InChI=1S/C24H19F2N5OS/c25-16-8-15(9-17(26)10-16)22-23(27-12-21(32)14-4-2-1-3-5-14)30-24(33)31(22)18-6-7-19-20(11-18)29-13-28-19/h1-11,13,21-22,32H,12H2,(H,28,29)(H,27,30,33). The lowest BCUT2D eigenvalue weighted by Crippen LogP contribution is -2.29. The van der Waals surface area contributed by atoms with Crippen LogP contribution in [0.5, 0.6) is 0 Å². The highest BCUT2D eigenvalue weighted by molar-refractivity contribution is 7.80. The summed E-state index contributed by atoms with van der Waals surface area (Å²) in [6.45, 7) is 0.0511. The molecule has 166 valence electrons. The molecule has 1 saturated heterocycles. The molecule has 0 bridgehead atoms. The van der Waals surface area contributed by atoms with E-state index in [0.29, 0.717) is 22.2 Å². The molecule has 1 fully saturated rings. The van der Waals surface area contributed by atoms with Gasteiger partial charge in [-0.05, 0) is 53.7 Å². The van der Waals surface area contributed by atoms with Crippen molar-refractivity contribution < 1.29 is 13.9 Å². The molecule has 5 rings (SSSR count). The molecule has 33 heavy (non-hydrogen) atoms. The highest BCUT2D eigenvalue weighted by atomic mass is 32.1. The highest BCUT2D eigenvalue weighted by Gasteiger charge is 2.37. The lowest BCUT2D eigenvalue weighted by molar-refractivity contribution is 0.187. The van der Waals surface area contributed by atoms with Crippen LogP contribution in [0.3, 0.4) is 0 Å². The zero-order valence-corrected chi connectivity index (χ0v) is 18.1. The van der Waals surface area contributed by atoms with Crippen LogP contribution in [0, 0.1) is 11.6 Å². The van der Waals surface area contributed by atoms with Crippen molar-refractivity contribution in [3.63, 3.8) is 0 Å². The molecule has 0 aliphatic carbocycles. The molecule has 1 aromatic heterocycles. The molecular formula is C24H19F2N5OS. The van der Waals surface area contributed by atoms with E-state index >= 15 is 0 Å². The van der Waals surface area contributed by atoms with Gasteiger partial charge in [0.25, 0.3) is 0 Å². The van der Waals surface area contributed by atoms with Crippen molar-refractivity contribution in [2.45, 2.75) is 12.1 Å². The van der Waals surface area contributed by atoms with E-state index in [1.807, 2.05) is 48.5 Å². The molecule has 0 saturated carbocycles. The third-order valence-electron chi connectivity index (χ3n) is 5.47. The smallest absolute Gasteiger partial charge is 0.179 e. The number of aromatic nitrogens is 2. The molecule has 6 nitrogen and oxygen atoms in total. The third-order valence-corrected chi connectivity index (χ3v) is 5.77. The van der Waals surface area contributed by atoms with E-state index < -0.39 is 23.8 Å². The molecule has 2 atom stereocenters. The van der Waals surface area contributed by atoms with Gasteiger partial charge in [0, 0.05) is 11.8 Å². The number of nitrogens with one attached hydrogen (secondary N) is 2. The Labute approximate surface area is 193 Å². The molecule has 0 amide bonds. The molecule has 0 spiro atoms. The lowest BCUT2D eigenvalue weighted by Gasteiger charge is -2.25. The van der Waals surface area contributed by atoms with Crippen molar-refractivity contribution in [1.82, 2.24) is 15.3 Å². The van der Waals surface area contributed by atoms with Gasteiger partial charge in [-0.3, -0.25) is 4.99 Å². The zero-order valence-electron chi connectivity index (χ0n) is 17.2. The van der Waals surface area contributed by atoms with Gasteiger partial charge in [-0.2, -0.15) is 0 Å². The van der Waals surface area contributed by atoms with Gasteiger partial charge < -0.3 is 20.3 Å². The number of benzene rings is 3. The number of aliphatic hydroxyl groups excluding tert-OH is 1. The maximum Gasteiger partial charge on any atom is 0.179 e. The number of imidazole rings is 1. The number of halogens is 2. The van der Waals surface area contributed by atoms with Crippen molar-refractivity contribution in [3.8, 4) is 0 Å². The summed E-state index contributed by atoms with van der Waals surface area (Å²) >= 11 is 5.57. The molecule has 2 unspecified atom stereocenters. The molecule has 9 heteroatoms. The largest absolute Gasteiger partial charge is 0.386 e. The van der Waals surface area contributed by atoms with Gasteiger partial charge in [-0.15, -0.1) is 0 Å². The van der Waals surface area contributed by atoms with Gasteiger partial charge >= 0.3 is 0 Å². The number of rotatable bonds is 5. The first-order valence-corrected chi connectivity index (χ1v) is 10.7. The maximum absolute atomic E-state index is 14.1. The first-order valence-electron chi connectivity index (χ1n) is 10.3. The van der Waals surface area contributed by atoms with E-state index in [2.05, 4.69) is 20.3 Å². The number of aliphatic imine (C=N–C) groups is 1. The second-order valence-corrected chi connectivity index (χ2v) is 8.05. The monoisotopic (exact) mass is 463 g/mol. The number of anilines is 1. The van der Waals surface area contributed by atoms with Crippen LogP contribution < -0.4 is 10.2 Å². The van der Waals surface area contributed by atoms with Crippen LogP contribution in [0.2, 0.25) is 0 Å². The second kappa shape index (κ2) is 8.68. The summed E-state index contributed by atoms with van der Waals surface area (Å²) in [5.74, 6) is -1.01. The normalized spacial score (nSPS) is 18.2. The lowest BCUT2D eigenvalue weighted by atomic mass is 10.0. The number of nitrogens with zero attached hydrogens (tertiary/aromatic N) is 3. The number of hydrogen-bond acceptors (Lipinski definition) is 4. The van der Waals surface area contributed by atoms with Gasteiger partial charge in [0.15, 0.2) is 5.11 Å². The number of aliphatic hydroxyl groups is 1. The Hall–Kier alpha value is -3.69. The first-order chi connectivity index (χ1) is 16.0. The van der Waals surface area contributed by atoms with Crippen molar-refractivity contribution in [3.05, 3.63) is 95.8 Å². The van der Waals surface area contributed by atoms with E-state index in [0.717, 1.165) is 22.7 Å². The summed E-state index contributed by atoms with van der Waals surface area (Å²) in [6.07, 6.45) is 0.750. The average Bonchev–Trinajstić information content (AvgIpc) is 3.40. The Balaban J connectivity index is 1.55. The summed E-state index contributed by atoms with van der Waals surface area (Å²) in [5.41, 5.74) is 3.33. The fraction of sp³-hybridized carbons (Fsp3) is 0.125. The minimum absolute atomic E-state index is 0.0511. The van der Waals surface area contributed by atoms with Crippen molar-refractivity contribution in [1.29, 1.82) is 0 Å². The Bertz CT molecular complexity index is 1340. The Morgan fingerprint density at radius 2 is 1.82 bits per heavy atom. The molecule has 4 aromatic rings. The number of aromatic amines is 1. The molecule has 3 aromatic carbocycles. The minimum atomic E-state index is -0.839. The maximum atomic E-state index is 14.1. The third kappa shape index (κ3) is 4.20. The van der Waals surface area contributed by atoms with Gasteiger partial charge in [0.2, 0.25) is 0 Å². The number of fused-ring (bicyclic) bond motifs is 1. The van der Waals surface area contributed by atoms with Gasteiger partial charge in [0.05, 0.1) is 30.0 Å². The predicted molar refractivity (Wildman–Crippen MR) is 127 cm³/mol. The van der Waals surface area contributed by atoms with E-state index in [1.54, 1.807) is 11.2 Å². The number of H-pyrrole nitrogens is 1. The second-order valence-electron chi connectivity index (χ2n) is 7.66. The molecule has 1 aliphatic rings. The summed E-state index contributed by atoms with van der Waals surface area (Å²) < 4.78 is 28.3. The summed E-state index contributed by atoms with van der Waals surface area (Å²) in [6, 6.07) is 17.3. The highest BCUT2D eigenvalue weighted by Crippen LogP contribution is 2.34. The van der Waals surface area contributed by atoms with Crippen molar-refractivity contribution in [2.24, 2.45) is 4.99 Å². The Morgan fingerprint density at radius 3 is 2.58 bits per heavy atom. The fourth-order valence-corrected chi connectivity index (χ4v) is 4.26. The van der Waals surface area contributed by atoms with Crippen LogP contribution in [0.15, 0.2) is 78.0 Å². The summed E-state index contributed by atoms with van der Waals surface area (Å²) in [5, 5.41) is 13.9. The molecule has 1 aliphatic heterocycles. The molecule has 0 radical (unpaired) electrons. The topological polar surface area (TPSA) is 76.5 Å². The summed E-state index contributed by atoms with van der Waals surface area (Å²) in [4.78, 5) is 13.6. The van der Waals surface area contributed by atoms with Crippen molar-refractivity contribution >= 4 is 39.9 Å². The first kappa shape index (κ1) is 21.2. The van der Waals surface area contributed by atoms with Crippen LogP contribution in [-0.2, 0) is 0 Å². The van der Waals surface area contributed by atoms with E-state index in [9.17, 15) is 13.9 Å². The van der Waals surface area contributed by atoms with Crippen LogP contribution in [0.1, 0.15) is 23.3 Å². The van der Waals surface area contributed by atoms with Gasteiger partial charge in [0.1, 0.15) is 23.5 Å². The van der Waals surface area contributed by atoms with Crippen LogP contribution in [-0.4, -0.2) is 32.6 Å². The fourth-order valence-electron chi connectivity index (χ4n) is 3.95. The van der Waals surface area contributed by atoms with E-state index in [4.69, 9.17) is 12.2 Å². The van der Waals surface area contributed by atoms with Gasteiger partial charge in [-0.1, -0.05) is 30.3 Å². The molecular weight excluding hydrogens is 444 g/mol. The van der Waals surface area contributed by atoms with E-state index in [1.165, 1.54) is 12.1 Å². The summed E-state index contributed by atoms with van der Waals surface area (Å²) in [7, 11) is 0. The Morgan fingerprint density at radius 1 is 1.06 bits per heavy atom. The minimum Gasteiger partial charge on any atom is -0.386 e. The number of hydrogen-bond donors (Lipinski definition) is 3.